The van der Waals surface area contributed by atoms with Gasteiger partial charge in [-0.25, -0.2) is 4.39 Å². The van der Waals surface area contributed by atoms with Crippen molar-refractivity contribution in [2.45, 2.75) is 71.8 Å². The molecule has 1 fully saturated rings. The molecule has 1 aliphatic rings. The largest absolute Gasteiger partial charge is 0.325 e. The zero-order valence-electron chi connectivity index (χ0n) is 14.0. The van der Waals surface area contributed by atoms with Crippen molar-refractivity contribution in [1.29, 1.82) is 0 Å². The maximum absolute atomic E-state index is 13.2. The van der Waals surface area contributed by atoms with Crippen molar-refractivity contribution in [2.75, 3.05) is 0 Å². The zero-order chi connectivity index (χ0) is 15.7. The molecule has 2 heteroatoms. The van der Waals surface area contributed by atoms with Gasteiger partial charge >= 0.3 is 0 Å². The lowest BCUT2D eigenvalue weighted by Crippen LogP contribution is -2.47. The van der Waals surface area contributed by atoms with Gasteiger partial charge < -0.3 is 5.73 Å². The minimum absolute atomic E-state index is 0.108. The number of hydrogen-bond acceptors (Lipinski definition) is 1. The van der Waals surface area contributed by atoms with E-state index < -0.39 is 0 Å². The lowest BCUT2D eigenvalue weighted by atomic mass is 9.64. The molecule has 1 aromatic carbocycles. The molecule has 1 nitrogen and oxygen atoms in total. The average molecular weight is 291 g/mol. The molecule has 1 aromatic rings. The molecular weight excluding hydrogens is 261 g/mol. The molecule has 0 atom stereocenters. The fourth-order valence-corrected chi connectivity index (χ4v) is 3.68. The third-order valence-corrected chi connectivity index (χ3v) is 5.84. The first-order chi connectivity index (χ1) is 9.76. The first-order valence-corrected chi connectivity index (χ1v) is 8.30. The maximum Gasteiger partial charge on any atom is 0.123 e. The third-order valence-electron chi connectivity index (χ3n) is 5.84. The Morgan fingerprint density at radius 3 is 2.43 bits per heavy atom. The second-order valence-corrected chi connectivity index (χ2v) is 7.73. The summed E-state index contributed by atoms with van der Waals surface area (Å²) in [5.74, 6) is 0.629. The molecule has 2 N–H and O–H groups in total. The number of hydrogen-bond donors (Lipinski definition) is 1. The summed E-state index contributed by atoms with van der Waals surface area (Å²) in [5, 5.41) is 0. The first-order valence-electron chi connectivity index (χ1n) is 8.30. The van der Waals surface area contributed by atoms with E-state index in [-0.39, 0.29) is 11.4 Å². The van der Waals surface area contributed by atoms with Gasteiger partial charge in [0.2, 0.25) is 0 Å². The summed E-state index contributed by atoms with van der Waals surface area (Å²) >= 11 is 0. The Morgan fingerprint density at radius 1 is 1.29 bits per heavy atom. The van der Waals surface area contributed by atoms with Gasteiger partial charge in [0.25, 0.3) is 0 Å². The molecule has 0 radical (unpaired) electrons. The van der Waals surface area contributed by atoms with E-state index in [1.54, 1.807) is 12.1 Å². The molecule has 0 bridgehead atoms. The molecule has 0 aliphatic heterocycles. The van der Waals surface area contributed by atoms with Crippen molar-refractivity contribution in [1.82, 2.24) is 0 Å². The molecule has 0 spiro atoms. The molecule has 0 amide bonds. The minimum Gasteiger partial charge on any atom is -0.325 e. The number of nitrogens with two attached hydrogens (primary N) is 1. The van der Waals surface area contributed by atoms with Crippen molar-refractivity contribution in [3.8, 4) is 0 Å². The highest BCUT2D eigenvalue weighted by Gasteiger charge is 2.37. The Balaban J connectivity index is 2.02. The van der Waals surface area contributed by atoms with E-state index in [1.165, 1.54) is 24.8 Å². The predicted molar refractivity (Wildman–Crippen MR) is 87.8 cm³/mol. The van der Waals surface area contributed by atoms with E-state index in [0.717, 1.165) is 30.7 Å². The van der Waals surface area contributed by atoms with Gasteiger partial charge in [0, 0.05) is 5.54 Å². The minimum atomic E-state index is -0.157. The van der Waals surface area contributed by atoms with Crippen LogP contribution in [0.3, 0.4) is 0 Å². The van der Waals surface area contributed by atoms with Crippen LogP contribution < -0.4 is 5.73 Å². The SMILES string of the molecule is CCC(C)(C)C1CCC(N)(Cc2ccc(F)cc2C)CC1. The fraction of sp³-hybridized carbons (Fsp3) is 0.684. The van der Waals surface area contributed by atoms with Crippen LogP contribution in [-0.2, 0) is 6.42 Å². The highest BCUT2D eigenvalue weighted by molar-refractivity contribution is 5.28. The highest BCUT2D eigenvalue weighted by Crippen LogP contribution is 2.43. The van der Waals surface area contributed by atoms with Crippen LogP contribution in [0.4, 0.5) is 4.39 Å². The van der Waals surface area contributed by atoms with Gasteiger partial charge in [-0.05, 0) is 73.6 Å². The summed E-state index contributed by atoms with van der Waals surface area (Å²) in [7, 11) is 0. The molecule has 118 valence electrons. The Kier molecular flexibility index (Phi) is 4.77. The van der Waals surface area contributed by atoms with Crippen molar-refractivity contribution in [2.24, 2.45) is 17.1 Å². The summed E-state index contributed by atoms with van der Waals surface area (Å²) < 4.78 is 13.2. The maximum atomic E-state index is 13.2. The van der Waals surface area contributed by atoms with E-state index in [9.17, 15) is 4.39 Å². The third kappa shape index (κ3) is 3.85. The summed E-state index contributed by atoms with van der Waals surface area (Å²) in [5.41, 5.74) is 9.19. The fourth-order valence-electron chi connectivity index (χ4n) is 3.68. The summed E-state index contributed by atoms with van der Waals surface area (Å²) in [6, 6.07) is 5.07. The smallest absolute Gasteiger partial charge is 0.123 e. The summed E-state index contributed by atoms with van der Waals surface area (Å²) in [4.78, 5) is 0. The van der Waals surface area contributed by atoms with Crippen molar-refractivity contribution < 1.29 is 4.39 Å². The monoisotopic (exact) mass is 291 g/mol. The zero-order valence-corrected chi connectivity index (χ0v) is 14.0. The molecule has 1 aliphatic carbocycles. The lowest BCUT2D eigenvalue weighted by molar-refractivity contribution is 0.115. The van der Waals surface area contributed by atoms with Gasteiger partial charge in [-0.15, -0.1) is 0 Å². The topological polar surface area (TPSA) is 26.0 Å². The van der Waals surface area contributed by atoms with Gasteiger partial charge in [0.15, 0.2) is 0 Å². The van der Waals surface area contributed by atoms with Crippen LogP contribution >= 0.6 is 0 Å². The van der Waals surface area contributed by atoms with E-state index >= 15 is 0 Å². The molecule has 1 saturated carbocycles. The van der Waals surface area contributed by atoms with Crippen molar-refractivity contribution >= 4 is 0 Å². The van der Waals surface area contributed by atoms with Crippen LogP contribution in [-0.4, -0.2) is 5.54 Å². The van der Waals surface area contributed by atoms with Gasteiger partial charge in [-0.2, -0.15) is 0 Å². The van der Waals surface area contributed by atoms with Gasteiger partial charge in [0.1, 0.15) is 5.82 Å². The Labute approximate surface area is 129 Å². The molecule has 21 heavy (non-hydrogen) atoms. The Bertz CT molecular complexity index is 484. The molecule has 0 unspecified atom stereocenters. The standard InChI is InChI=1S/C19H30FN/c1-5-18(3,4)16-8-10-19(21,11-9-16)13-15-6-7-17(20)12-14(15)2/h6-7,12,16H,5,8-11,13,21H2,1-4H3. The van der Waals surface area contributed by atoms with Crippen LogP contribution in [0.2, 0.25) is 0 Å². The van der Waals surface area contributed by atoms with E-state index in [1.807, 2.05) is 13.0 Å². The van der Waals surface area contributed by atoms with E-state index in [0.29, 0.717) is 5.41 Å². The normalized spacial score (nSPS) is 26.9. The molecule has 0 saturated heterocycles. The van der Waals surface area contributed by atoms with Gasteiger partial charge in [-0.1, -0.05) is 33.3 Å². The highest BCUT2D eigenvalue weighted by atomic mass is 19.1. The summed E-state index contributed by atoms with van der Waals surface area (Å²) in [6.45, 7) is 9.02. The van der Waals surface area contributed by atoms with Gasteiger partial charge in [0.05, 0.1) is 0 Å². The van der Waals surface area contributed by atoms with Crippen LogP contribution in [0.5, 0.6) is 0 Å². The Morgan fingerprint density at radius 2 is 1.90 bits per heavy atom. The van der Waals surface area contributed by atoms with Gasteiger partial charge in [-0.3, -0.25) is 0 Å². The van der Waals surface area contributed by atoms with Crippen LogP contribution in [0.25, 0.3) is 0 Å². The Hall–Kier alpha value is -0.890. The number of aryl methyl sites for hydroxylation is 1. The van der Waals surface area contributed by atoms with Crippen LogP contribution in [0, 0.1) is 24.1 Å². The quantitative estimate of drug-likeness (QED) is 0.830. The number of halogens is 1. The second-order valence-electron chi connectivity index (χ2n) is 7.73. The van der Waals surface area contributed by atoms with Crippen molar-refractivity contribution in [3.05, 3.63) is 35.1 Å². The number of benzene rings is 1. The molecular formula is C19H30FN. The van der Waals surface area contributed by atoms with Crippen LogP contribution in [0.15, 0.2) is 18.2 Å². The van der Waals surface area contributed by atoms with Crippen LogP contribution in [0.1, 0.15) is 64.0 Å². The number of rotatable bonds is 4. The molecule has 0 aromatic heterocycles. The first kappa shape index (κ1) is 16.5. The predicted octanol–water partition coefficient (Wildman–Crippen LogP) is 5.00. The lowest BCUT2D eigenvalue weighted by Gasteiger charge is -2.43. The summed E-state index contributed by atoms with van der Waals surface area (Å²) in [6.07, 6.45) is 6.70. The molecule has 2 rings (SSSR count). The average Bonchev–Trinajstić information content (AvgIpc) is 2.42. The van der Waals surface area contributed by atoms with Crippen molar-refractivity contribution in [3.63, 3.8) is 0 Å². The second kappa shape index (κ2) is 6.08. The molecule has 0 heterocycles. The van der Waals surface area contributed by atoms with E-state index in [2.05, 4.69) is 20.8 Å². The van der Waals surface area contributed by atoms with E-state index in [4.69, 9.17) is 5.73 Å².